The molecule has 0 atom stereocenters. The van der Waals surface area contributed by atoms with Crippen LogP contribution in [0.25, 0.3) is 0 Å². The maximum absolute atomic E-state index is 13.3. The molecular weight excluding hydrogens is 310 g/mol. The van der Waals surface area contributed by atoms with Crippen LogP contribution < -0.4 is 9.64 Å². The van der Waals surface area contributed by atoms with Crippen LogP contribution in [0.5, 0.6) is 5.75 Å². The largest absolute Gasteiger partial charge is 0.497 e. The van der Waals surface area contributed by atoms with E-state index in [-0.39, 0.29) is 0 Å². The lowest BCUT2D eigenvalue weighted by Crippen LogP contribution is -2.30. The number of hydrogen-bond acceptors (Lipinski definition) is 3. The zero-order valence-corrected chi connectivity index (χ0v) is 13.8. The third kappa shape index (κ3) is 4.03. The summed E-state index contributed by atoms with van der Waals surface area (Å²) in [6, 6.07) is 12.2. The summed E-state index contributed by atoms with van der Waals surface area (Å²) in [6.07, 6.45) is 1.04. The molecule has 0 saturated carbocycles. The van der Waals surface area contributed by atoms with Gasteiger partial charge in [-0.05, 0) is 48.4 Å². The van der Waals surface area contributed by atoms with Gasteiger partial charge in [0.2, 0.25) is 0 Å². The van der Waals surface area contributed by atoms with E-state index in [2.05, 4.69) is 21.9 Å². The van der Waals surface area contributed by atoms with Gasteiger partial charge in [-0.2, -0.15) is 0 Å². The van der Waals surface area contributed by atoms with E-state index in [1.165, 1.54) is 17.8 Å². The summed E-state index contributed by atoms with van der Waals surface area (Å²) in [4.78, 5) is 4.64. The van der Waals surface area contributed by atoms with E-state index in [0.717, 1.165) is 43.9 Å². The number of ether oxygens (including phenoxy) is 1. The minimum absolute atomic E-state index is 0.646. The quantitative estimate of drug-likeness (QED) is 0.849. The molecule has 3 nitrogen and oxygen atoms in total. The summed E-state index contributed by atoms with van der Waals surface area (Å²) in [5, 5.41) is 0. The van der Waals surface area contributed by atoms with Crippen molar-refractivity contribution >= 4 is 5.69 Å². The van der Waals surface area contributed by atoms with E-state index in [1.54, 1.807) is 13.2 Å². The highest BCUT2D eigenvalue weighted by Crippen LogP contribution is 2.21. The highest BCUT2D eigenvalue weighted by Gasteiger charge is 2.16. The van der Waals surface area contributed by atoms with E-state index >= 15 is 0 Å². The Morgan fingerprint density at radius 2 is 1.71 bits per heavy atom. The lowest BCUT2D eigenvalue weighted by Gasteiger charge is -2.24. The van der Waals surface area contributed by atoms with E-state index in [4.69, 9.17) is 4.74 Å². The fourth-order valence-corrected chi connectivity index (χ4v) is 3.08. The highest BCUT2D eigenvalue weighted by atomic mass is 19.2. The maximum Gasteiger partial charge on any atom is 0.159 e. The van der Waals surface area contributed by atoms with Crippen molar-refractivity contribution in [1.29, 1.82) is 0 Å². The fraction of sp³-hybridized carbons (Fsp3) is 0.368. The maximum atomic E-state index is 13.3. The van der Waals surface area contributed by atoms with E-state index in [1.807, 2.05) is 12.1 Å². The van der Waals surface area contributed by atoms with Crippen LogP contribution in [-0.4, -0.2) is 38.2 Å². The number of methoxy groups -OCH3 is 1. The number of hydrogen-bond donors (Lipinski definition) is 0. The Morgan fingerprint density at radius 3 is 2.42 bits per heavy atom. The first kappa shape index (κ1) is 16.7. The minimum atomic E-state index is -0.791. The summed E-state index contributed by atoms with van der Waals surface area (Å²) in [5.74, 6) is -0.712. The number of nitrogens with zero attached hydrogens (tertiary/aromatic N) is 2. The van der Waals surface area contributed by atoms with Gasteiger partial charge in [-0.3, -0.25) is 4.90 Å². The molecule has 2 aromatic carbocycles. The van der Waals surface area contributed by atoms with Crippen molar-refractivity contribution in [3.05, 3.63) is 59.7 Å². The summed E-state index contributed by atoms with van der Waals surface area (Å²) in [7, 11) is 1.66. The predicted molar refractivity (Wildman–Crippen MR) is 91.5 cm³/mol. The van der Waals surface area contributed by atoms with Crippen molar-refractivity contribution in [2.75, 3.05) is 38.2 Å². The normalized spacial score (nSPS) is 16.0. The molecule has 1 heterocycles. The second-order valence-corrected chi connectivity index (χ2v) is 6.06. The molecule has 24 heavy (non-hydrogen) atoms. The number of rotatable bonds is 4. The van der Waals surface area contributed by atoms with Crippen LogP contribution in [0.1, 0.15) is 12.0 Å². The second-order valence-electron chi connectivity index (χ2n) is 6.06. The highest BCUT2D eigenvalue weighted by molar-refractivity contribution is 5.49. The molecule has 1 aliphatic heterocycles. The monoisotopic (exact) mass is 332 g/mol. The molecule has 2 aromatic rings. The van der Waals surface area contributed by atoms with Crippen LogP contribution in [0, 0.1) is 11.6 Å². The molecule has 1 fully saturated rings. The van der Waals surface area contributed by atoms with E-state index in [9.17, 15) is 8.78 Å². The van der Waals surface area contributed by atoms with Gasteiger partial charge >= 0.3 is 0 Å². The molecule has 3 rings (SSSR count). The summed E-state index contributed by atoms with van der Waals surface area (Å²) in [6.45, 7) is 4.39. The summed E-state index contributed by atoms with van der Waals surface area (Å²) in [5.41, 5.74) is 2.00. The van der Waals surface area contributed by atoms with Crippen LogP contribution in [0.2, 0.25) is 0 Å². The molecule has 1 saturated heterocycles. The van der Waals surface area contributed by atoms with Crippen LogP contribution in [0.15, 0.2) is 42.5 Å². The predicted octanol–water partition coefficient (Wildman–Crippen LogP) is 3.69. The molecule has 0 spiro atoms. The average Bonchev–Trinajstić information content (AvgIpc) is 2.84. The lowest BCUT2D eigenvalue weighted by molar-refractivity contribution is 0.285. The fourth-order valence-electron chi connectivity index (χ4n) is 3.08. The first-order valence-corrected chi connectivity index (χ1v) is 8.21. The third-order valence-corrected chi connectivity index (χ3v) is 4.42. The first-order valence-electron chi connectivity index (χ1n) is 8.21. The van der Waals surface area contributed by atoms with Gasteiger partial charge in [-0.15, -0.1) is 0 Å². The van der Waals surface area contributed by atoms with Gasteiger partial charge in [-0.25, -0.2) is 8.78 Å². The Labute approximate surface area is 141 Å². The van der Waals surface area contributed by atoms with Crippen molar-refractivity contribution in [2.45, 2.75) is 13.0 Å². The minimum Gasteiger partial charge on any atom is -0.497 e. The molecule has 0 unspecified atom stereocenters. The summed E-state index contributed by atoms with van der Waals surface area (Å²) < 4.78 is 31.6. The van der Waals surface area contributed by atoms with Crippen LogP contribution in [0.4, 0.5) is 14.5 Å². The SMILES string of the molecule is COc1ccc(N2CCCN(Cc3ccc(F)c(F)c3)CC2)cc1. The molecule has 0 N–H and O–H groups in total. The van der Waals surface area contributed by atoms with Gasteiger partial charge in [0.15, 0.2) is 11.6 Å². The Hall–Kier alpha value is -2.14. The van der Waals surface area contributed by atoms with Gasteiger partial charge < -0.3 is 9.64 Å². The average molecular weight is 332 g/mol. The Balaban J connectivity index is 1.60. The molecule has 0 radical (unpaired) electrons. The van der Waals surface area contributed by atoms with Crippen molar-refractivity contribution < 1.29 is 13.5 Å². The molecule has 0 aliphatic carbocycles. The zero-order valence-electron chi connectivity index (χ0n) is 13.8. The lowest BCUT2D eigenvalue weighted by atomic mass is 10.2. The van der Waals surface area contributed by atoms with Crippen LogP contribution in [0.3, 0.4) is 0 Å². The van der Waals surface area contributed by atoms with Gasteiger partial charge in [0.25, 0.3) is 0 Å². The topological polar surface area (TPSA) is 15.7 Å². The molecule has 0 amide bonds. The van der Waals surface area contributed by atoms with Gasteiger partial charge in [0.1, 0.15) is 5.75 Å². The van der Waals surface area contributed by atoms with Crippen LogP contribution >= 0.6 is 0 Å². The third-order valence-electron chi connectivity index (χ3n) is 4.42. The second kappa shape index (κ2) is 7.62. The van der Waals surface area contributed by atoms with Crippen molar-refractivity contribution in [3.63, 3.8) is 0 Å². The molecule has 0 bridgehead atoms. The molecule has 5 heteroatoms. The molecule has 0 aromatic heterocycles. The Morgan fingerprint density at radius 1 is 0.917 bits per heavy atom. The van der Waals surface area contributed by atoms with Crippen molar-refractivity contribution in [3.8, 4) is 5.75 Å². The summed E-state index contributed by atoms with van der Waals surface area (Å²) >= 11 is 0. The number of anilines is 1. The van der Waals surface area contributed by atoms with E-state index < -0.39 is 11.6 Å². The Kier molecular flexibility index (Phi) is 5.30. The zero-order chi connectivity index (χ0) is 16.9. The van der Waals surface area contributed by atoms with E-state index in [0.29, 0.717) is 6.54 Å². The molecular formula is C19H22F2N2O. The molecule has 1 aliphatic rings. The van der Waals surface area contributed by atoms with Gasteiger partial charge in [0, 0.05) is 38.4 Å². The Bertz CT molecular complexity index is 676. The van der Waals surface area contributed by atoms with Crippen LogP contribution in [-0.2, 0) is 6.54 Å². The number of halogens is 2. The smallest absolute Gasteiger partial charge is 0.159 e. The number of benzene rings is 2. The first-order chi connectivity index (χ1) is 11.7. The van der Waals surface area contributed by atoms with Crippen molar-refractivity contribution in [1.82, 2.24) is 4.90 Å². The van der Waals surface area contributed by atoms with Gasteiger partial charge in [0.05, 0.1) is 7.11 Å². The van der Waals surface area contributed by atoms with Gasteiger partial charge in [-0.1, -0.05) is 6.07 Å². The molecule has 128 valence electrons. The van der Waals surface area contributed by atoms with Crippen molar-refractivity contribution in [2.24, 2.45) is 0 Å². The standard InChI is InChI=1S/C19H22F2N2O/c1-24-17-6-4-16(5-7-17)23-10-2-9-22(11-12-23)14-15-3-8-18(20)19(21)13-15/h3-8,13H,2,9-12,14H2,1H3.